The maximum atomic E-state index is 12.7. The molecule has 174 valence electrons. The Labute approximate surface area is 193 Å². The highest BCUT2D eigenvalue weighted by Crippen LogP contribution is 2.30. The van der Waals surface area contributed by atoms with Gasteiger partial charge in [-0.25, -0.2) is 9.50 Å². The van der Waals surface area contributed by atoms with E-state index in [9.17, 15) is 4.79 Å². The third-order valence-corrected chi connectivity index (χ3v) is 6.60. The van der Waals surface area contributed by atoms with Crippen LogP contribution in [-0.4, -0.2) is 63.8 Å². The summed E-state index contributed by atoms with van der Waals surface area (Å²) in [6.45, 7) is 4.51. The minimum atomic E-state index is 0.0410. The zero-order valence-electron chi connectivity index (χ0n) is 19.0. The predicted molar refractivity (Wildman–Crippen MR) is 128 cm³/mol. The number of anilines is 3. The van der Waals surface area contributed by atoms with Crippen molar-refractivity contribution in [3.8, 4) is 0 Å². The van der Waals surface area contributed by atoms with Crippen molar-refractivity contribution < 1.29 is 9.53 Å². The molecule has 1 aromatic carbocycles. The number of nitrogens with two attached hydrogens (primary N) is 1. The van der Waals surface area contributed by atoms with Crippen molar-refractivity contribution in [2.75, 3.05) is 36.9 Å². The average molecular weight is 450 g/mol. The summed E-state index contributed by atoms with van der Waals surface area (Å²) in [4.78, 5) is 19.1. The Bertz CT molecular complexity index is 1110. The summed E-state index contributed by atoms with van der Waals surface area (Å²) in [6.07, 6.45) is 7.76. The molecule has 0 radical (unpaired) electrons. The lowest BCUT2D eigenvalue weighted by atomic mass is 9.92. The molecule has 0 bridgehead atoms. The molecule has 2 fully saturated rings. The second-order valence-corrected chi connectivity index (χ2v) is 8.91. The first-order valence-electron chi connectivity index (χ1n) is 11.7. The number of carbonyl (C=O) groups excluding carboxylic acids is 1. The van der Waals surface area contributed by atoms with Crippen LogP contribution < -0.4 is 16.4 Å². The Balaban J connectivity index is 1.36. The summed E-state index contributed by atoms with van der Waals surface area (Å²) in [5.41, 5.74) is 10.3. The largest absolute Gasteiger partial charge is 0.378 e. The van der Waals surface area contributed by atoms with Gasteiger partial charge in [-0.05, 0) is 56.9 Å². The van der Waals surface area contributed by atoms with Crippen molar-refractivity contribution >= 4 is 28.7 Å². The molecule has 0 unspecified atom stereocenters. The minimum Gasteiger partial charge on any atom is -0.378 e. The second-order valence-electron chi connectivity index (χ2n) is 8.91. The molecule has 1 amide bonds. The minimum absolute atomic E-state index is 0.0410. The van der Waals surface area contributed by atoms with Crippen LogP contribution in [0.1, 0.15) is 41.6 Å². The Morgan fingerprint density at radius 1 is 1.12 bits per heavy atom. The number of carbonyl (C=O) groups is 1. The fourth-order valence-electron chi connectivity index (χ4n) is 4.56. The molecule has 3 heterocycles. The monoisotopic (exact) mass is 449 g/mol. The molecule has 2 aromatic heterocycles. The number of morpholine rings is 1. The van der Waals surface area contributed by atoms with Crippen molar-refractivity contribution in [2.45, 2.75) is 44.7 Å². The van der Waals surface area contributed by atoms with E-state index >= 15 is 0 Å². The smallest absolute Gasteiger partial charge is 0.254 e. The van der Waals surface area contributed by atoms with Crippen molar-refractivity contribution in [1.29, 1.82) is 0 Å². The Kier molecular flexibility index (Phi) is 6.15. The third kappa shape index (κ3) is 4.65. The van der Waals surface area contributed by atoms with E-state index in [4.69, 9.17) is 15.6 Å². The molecule has 1 saturated heterocycles. The van der Waals surface area contributed by atoms with Crippen molar-refractivity contribution in [2.24, 2.45) is 5.73 Å². The number of fused-ring (bicyclic) bond motifs is 1. The Hall–Kier alpha value is -3.17. The number of nitrogens with one attached hydrogen (secondary N) is 2. The number of imidazole rings is 1. The molecule has 1 aliphatic heterocycles. The SMILES string of the molecule is Cc1c(NC2CCC(N)CC2)nn2ccnc2c1Nc1ccc(C(=O)N2CCOCC2)cc1. The zero-order valence-corrected chi connectivity index (χ0v) is 19.0. The van der Waals surface area contributed by atoms with Crippen LogP contribution in [-0.2, 0) is 4.74 Å². The quantitative estimate of drug-likeness (QED) is 0.549. The van der Waals surface area contributed by atoms with Crippen LogP contribution >= 0.6 is 0 Å². The topological polar surface area (TPSA) is 110 Å². The number of aromatic nitrogens is 3. The molecule has 9 nitrogen and oxygen atoms in total. The van der Waals surface area contributed by atoms with Crippen LogP contribution in [0.5, 0.6) is 0 Å². The summed E-state index contributed by atoms with van der Waals surface area (Å²) in [5.74, 6) is 0.891. The molecule has 0 spiro atoms. The normalized spacial score (nSPS) is 21.2. The van der Waals surface area contributed by atoms with Gasteiger partial charge in [0.2, 0.25) is 0 Å². The summed E-state index contributed by atoms with van der Waals surface area (Å²) < 4.78 is 7.14. The van der Waals surface area contributed by atoms with Gasteiger partial charge in [-0.2, -0.15) is 0 Å². The van der Waals surface area contributed by atoms with Gasteiger partial charge in [0, 0.05) is 54.4 Å². The second kappa shape index (κ2) is 9.36. The van der Waals surface area contributed by atoms with E-state index in [0.29, 0.717) is 44.0 Å². The number of hydrogen-bond donors (Lipinski definition) is 3. The van der Waals surface area contributed by atoms with Crippen LogP contribution in [0.25, 0.3) is 5.65 Å². The van der Waals surface area contributed by atoms with E-state index < -0.39 is 0 Å². The van der Waals surface area contributed by atoms with E-state index in [1.807, 2.05) is 35.4 Å². The number of hydrogen-bond acceptors (Lipinski definition) is 7. The van der Waals surface area contributed by atoms with Gasteiger partial charge in [0.15, 0.2) is 11.5 Å². The van der Waals surface area contributed by atoms with Gasteiger partial charge < -0.3 is 26.0 Å². The Morgan fingerprint density at radius 2 is 1.85 bits per heavy atom. The number of ether oxygens (including phenoxy) is 1. The number of nitrogens with zero attached hydrogens (tertiary/aromatic N) is 4. The molecule has 1 aliphatic carbocycles. The highest BCUT2D eigenvalue weighted by molar-refractivity contribution is 5.94. The van der Waals surface area contributed by atoms with Crippen molar-refractivity contribution in [3.05, 3.63) is 47.8 Å². The van der Waals surface area contributed by atoms with E-state index in [1.165, 1.54) is 0 Å². The van der Waals surface area contributed by atoms with E-state index in [1.54, 1.807) is 10.7 Å². The van der Waals surface area contributed by atoms with Crippen LogP contribution in [0.4, 0.5) is 17.2 Å². The molecule has 2 aliphatic rings. The number of amides is 1. The molecule has 1 saturated carbocycles. The highest BCUT2D eigenvalue weighted by Gasteiger charge is 2.22. The lowest BCUT2D eigenvalue weighted by Crippen LogP contribution is -2.40. The molecule has 0 atom stereocenters. The molecule has 3 aromatic rings. The zero-order chi connectivity index (χ0) is 22.8. The van der Waals surface area contributed by atoms with E-state index in [-0.39, 0.29) is 5.91 Å². The fourth-order valence-corrected chi connectivity index (χ4v) is 4.56. The van der Waals surface area contributed by atoms with E-state index in [0.717, 1.165) is 54.1 Å². The van der Waals surface area contributed by atoms with Crippen LogP contribution in [0, 0.1) is 6.92 Å². The van der Waals surface area contributed by atoms with Gasteiger partial charge >= 0.3 is 0 Å². The number of rotatable bonds is 5. The first-order chi connectivity index (χ1) is 16.1. The van der Waals surface area contributed by atoms with Gasteiger partial charge in [-0.1, -0.05) is 0 Å². The average Bonchev–Trinajstić information content (AvgIpc) is 3.32. The molecular weight excluding hydrogens is 418 g/mol. The van der Waals surface area contributed by atoms with Crippen molar-refractivity contribution in [3.63, 3.8) is 0 Å². The fraction of sp³-hybridized carbons (Fsp3) is 0.458. The first-order valence-corrected chi connectivity index (χ1v) is 11.7. The van der Waals surface area contributed by atoms with Gasteiger partial charge in [0.25, 0.3) is 5.91 Å². The summed E-state index contributed by atoms with van der Waals surface area (Å²) in [7, 11) is 0. The standard InChI is InChI=1S/C24H31N7O2/c1-16-21(27-19-6-2-17(3-7-19)24(32)30-12-14-33-15-13-30)23-26-10-11-31(23)29-22(16)28-20-8-4-18(25)5-9-20/h2-3,6-7,10-11,18,20,27H,4-5,8-9,12-15,25H2,1H3,(H,28,29). The van der Waals surface area contributed by atoms with E-state index in [2.05, 4.69) is 22.5 Å². The van der Waals surface area contributed by atoms with Gasteiger partial charge in [0.1, 0.15) is 0 Å². The highest BCUT2D eigenvalue weighted by atomic mass is 16.5. The lowest BCUT2D eigenvalue weighted by Gasteiger charge is -2.28. The van der Waals surface area contributed by atoms with Gasteiger partial charge in [-0.3, -0.25) is 4.79 Å². The van der Waals surface area contributed by atoms with Crippen LogP contribution in [0.2, 0.25) is 0 Å². The summed E-state index contributed by atoms with van der Waals surface area (Å²) in [6, 6.07) is 8.28. The van der Waals surface area contributed by atoms with Gasteiger partial charge in [-0.15, -0.1) is 5.10 Å². The van der Waals surface area contributed by atoms with Crippen molar-refractivity contribution in [1.82, 2.24) is 19.5 Å². The Morgan fingerprint density at radius 3 is 2.58 bits per heavy atom. The maximum Gasteiger partial charge on any atom is 0.254 e. The maximum absolute atomic E-state index is 12.7. The molecular formula is C24H31N7O2. The number of benzene rings is 1. The summed E-state index contributed by atoms with van der Waals surface area (Å²) >= 11 is 0. The lowest BCUT2D eigenvalue weighted by molar-refractivity contribution is 0.0303. The summed E-state index contributed by atoms with van der Waals surface area (Å²) in [5, 5.41) is 11.9. The first kappa shape index (κ1) is 21.7. The third-order valence-electron chi connectivity index (χ3n) is 6.60. The van der Waals surface area contributed by atoms with Crippen LogP contribution in [0.3, 0.4) is 0 Å². The molecule has 33 heavy (non-hydrogen) atoms. The van der Waals surface area contributed by atoms with Gasteiger partial charge in [0.05, 0.1) is 18.9 Å². The van der Waals surface area contributed by atoms with Crippen LogP contribution in [0.15, 0.2) is 36.7 Å². The molecule has 5 rings (SSSR count). The molecule has 4 N–H and O–H groups in total. The predicted octanol–water partition coefficient (Wildman–Crippen LogP) is 2.94. The molecule has 9 heteroatoms.